The van der Waals surface area contributed by atoms with E-state index in [9.17, 15) is 14.7 Å². The third-order valence-electron chi connectivity index (χ3n) is 2.94. The lowest BCUT2D eigenvalue weighted by atomic mass is 10.1. The zero-order valence-electron chi connectivity index (χ0n) is 7.85. The van der Waals surface area contributed by atoms with Gasteiger partial charge in [-0.1, -0.05) is 6.42 Å². The van der Waals surface area contributed by atoms with Crippen LogP contribution in [-0.2, 0) is 9.59 Å². The Morgan fingerprint density at radius 2 is 1.93 bits per heavy atom. The summed E-state index contributed by atoms with van der Waals surface area (Å²) in [6.07, 6.45) is 4.88. The smallest absolute Gasteiger partial charge is 0.253 e. The number of hydrogen-bond donors (Lipinski definition) is 1. The topological polar surface area (TPSA) is 57.6 Å². The summed E-state index contributed by atoms with van der Waals surface area (Å²) >= 11 is 0. The monoisotopic (exact) mass is 195 g/mol. The fraction of sp³-hybridized carbons (Fsp3) is 0.600. The molecule has 0 aromatic carbocycles. The first kappa shape index (κ1) is 9.40. The molecule has 1 N–H and O–H groups in total. The van der Waals surface area contributed by atoms with E-state index in [2.05, 4.69) is 0 Å². The normalized spacial score (nSPS) is 31.9. The van der Waals surface area contributed by atoms with Crippen molar-refractivity contribution in [3.8, 4) is 0 Å². The summed E-state index contributed by atoms with van der Waals surface area (Å²) in [4.78, 5) is 23.6. The molecule has 1 fully saturated rings. The largest absolute Gasteiger partial charge is 0.393 e. The minimum atomic E-state index is -0.351. The quantitative estimate of drug-likeness (QED) is 0.634. The highest BCUT2D eigenvalue weighted by Gasteiger charge is 2.32. The molecule has 0 radical (unpaired) electrons. The van der Waals surface area contributed by atoms with E-state index >= 15 is 0 Å². The van der Waals surface area contributed by atoms with Gasteiger partial charge >= 0.3 is 0 Å². The zero-order valence-corrected chi connectivity index (χ0v) is 7.85. The highest BCUT2D eigenvalue weighted by molar-refractivity contribution is 6.12. The maximum absolute atomic E-state index is 11.2. The van der Waals surface area contributed by atoms with Gasteiger partial charge in [0.15, 0.2) is 0 Å². The summed E-state index contributed by atoms with van der Waals surface area (Å²) in [5.74, 6) is -0.439. The Labute approximate surface area is 82.2 Å². The van der Waals surface area contributed by atoms with Gasteiger partial charge in [-0.05, 0) is 12.8 Å². The molecule has 14 heavy (non-hydrogen) atoms. The van der Waals surface area contributed by atoms with Crippen LogP contribution in [0.5, 0.6) is 0 Å². The van der Waals surface area contributed by atoms with Crippen molar-refractivity contribution in [1.29, 1.82) is 0 Å². The van der Waals surface area contributed by atoms with Crippen molar-refractivity contribution in [3.05, 3.63) is 12.2 Å². The molecule has 0 bridgehead atoms. The second-order valence-corrected chi connectivity index (χ2v) is 3.88. The predicted octanol–water partition coefficient (Wildman–Crippen LogP) is 0.0724. The highest BCUT2D eigenvalue weighted by Crippen LogP contribution is 2.26. The molecule has 1 aliphatic carbocycles. The van der Waals surface area contributed by atoms with Crippen molar-refractivity contribution < 1.29 is 14.7 Å². The van der Waals surface area contributed by atoms with Gasteiger partial charge in [0.1, 0.15) is 0 Å². The van der Waals surface area contributed by atoms with Crippen molar-refractivity contribution >= 4 is 11.8 Å². The Hall–Kier alpha value is -1.16. The Kier molecular flexibility index (Phi) is 2.37. The maximum Gasteiger partial charge on any atom is 0.253 e. The van der Waals surface area contributed by atoms with E-state index in [1.165, 1.54) is 17.1 Å². The molecular weight excluding hydrogens is 182 g/mol. The van der Waals surface area contributed by atoms with Crippen LogP contribution in [0.1, 0.15) is 19.3 Å². The third-order valence-corrected chi connectivity index (χ3v) is 2.94. The predicted molar refractivity (Wildman–Crippen MR) is 49.2 cm³/mol. The highest BCUT2D eigenvalue weighted by atomic mass is 16.3. The first-order valence-corrected chi connectivity index (χ1v) is 4.90. The number of nitrogens with zero attached hydrogens (tertiary/aromatic N) is 1. The van der Waals surface area contributed by atoms with Gasteiger partial charge in [0.25, 0.3) is 11.8 Å². The van der Waals surface area contributed by atoms with E-state index in [1.807, 2.05) is 0 Å². The lowest BCUT2D eigenvalue weighted by Crippen LogP contribution is -2.37. The van der Waals surface area contributed by atoms with Gasteiger partial charge in [-0.2, -0.15) is 0 Å². The van der Waals surface area contributed by atoms with Crippen LogP contribution < -0.4 is 0 Å². The van der Waals surface area contributed by atoms with E-state index in [1.54, 1.807) is 0 Å². The number of carbonyl (C=O) groups is 2. The third kappa shape index (κ3) is 1.57. The summed E-state index contributed by atoms with van der Waals surface area (Å²) in [6.45, 7) is 0.367. The molecule has 4 nitrogen and oxygen atoms in total. The maximum atomic E-state index is 11.2. The van der Waals surface area contributed by atoms with Gasteiger partial charge < -0.3 is 5.11 Å². The summed E-state index contributed by atoms with van der Waals surface area (Å²) in [7, 11) is 0. The molecule has 76 valence electrons. The Bertz CT molecular complexity index is 280. The minimum absolute atomic E-state index is 0.0720. The minimum Gasteiger partial charge on any atom is -0.393 e. The molecule has 0 spiro atoms. The summed E-state index contributed by atoms with van der Waals surface area (Å²) < 4.78 is 0. The van der Waals surface area contributed by atoms with E-state index in [-0.39, 0.29) is 23.8 Å². The van der Waals surface area contributed by atoms with Gasteiger partial charge in [-0.3, -0.25) is 14.5 Å². The summed E-state index contributed by atoms with van der Waals surface area (Å²) in [5.41, 5.74) is 0. The van der Waals surface area contributed by atoms with Crippen LogP contribution in [0.3, 0.4) is 0 Å². The first-order chi connectivity index (χ1) is 6.68. The molecule has 0 aromatic rings. The van der Waals surface area contributed by atoms with E-state index in [0.29, 0.717) is 6.54 Å². The van der Waals surface area contributed by atoms with Crippen LogP contribution in [0.15, 0.2) is 12.2 Å². The Balaban J connectivity index is 1.97. The van der Waals surface area contributed by atoms with E-state index < -0.39 is 0 Å². The molecule has 2 amide bonds. The Morgan fingerprint density at radius 1 is 1.29 bits per heavy atom. The summed E-state index contributed by atoms with van der Waals surface area (Å²) in [6, 6.07) is 0. The number of aliphatic hydroxyl groups excluding tert-OH is 1. The second kappa shape index (κ2) is 3.53. The van der Waals surface area contributed by atoms with Crippen LogP contribution >= 0.6 is 0 Å². The van der Waals surface area contributed by atoms with Crippen LogP contribution in [0.2, 0.25) is 0 Å². The zero-order chi connectivity index (χ0) is 10.1. The number of rotatable bonds is 2. The molecule has 0 aromatic heterocycles. The van der Waals surface area contributed by atoms with Crippen molar-refractivity contribution in [2.24, 2.45) is 5.92 Å². The van der Waals surface area contributed by atoms with Gasteiger partial charge in [0, 0.05) is 24.6 Å². The molecule has 2 unspecified atom stereocenters. The van der Waals surface area contributed by atoms with Crippen molar-refractivity contribution in [3.63, 3.8) is 0 Å². The van der Waals surface area contributed by atoms with Gasteiger partial charge in [0.2, 0.25) is 0 Å². The number of hydrogen-bond acceptors (Lipinski definition) is 3. The molecule has 1 heterocycles. The van der Waals surface area contributed by atoms with Crippen molar-refractivity contribution in [1.82, 2.24) is 4.90 Å². The molecule has 2 atom stereocenters. The van der Waals surface area contributed by atoms with Crippen LogP contribution in [-0.4, -0.2) is 34.5 Å². The fourth-order valence-electron chi connectivity index (χ4n) is 2.08. The number of carbonyl (C=O) groups excluding carboxylic acids is 2. The molecule has 1 aliphatic heterocycles. The molecule has 0 saturated heterocycles. The Morgan fingerprint density at radius 3 is 2.43 bits per heavy atom. The van der Waals surface area contributed by atoms with Gasteiger partial charge in [0.05, 0.1) is 6.10 Å². The SMILES string of the molecule is O=C1C=CC(=O)N1CC1CCCC1O. The van der Waals surface area contributed by atoms with Crippen LogP contribution in [0.4, 0.5) is 0 Å². The first-order valence-electron chi connectivity index (χ1n) is 4.90. The van der Waals surface area contributed by atoms with Crippen molar-refractivity contribution in [2.75, 3.05) is 6.54 Å². The van der Waals surface area contributed by atoms with Crippen LogP contribution in [0, 0.1) is 5.92 Å². The summed E-state index contributed by atoms with van der Waals surface area (Å²) in [5, 5.41) is 9.55. The average molecular weight is 195 g/mol. The van der Waals surface area contributed by atoms with Gasteiger partial charge in [-0.25, -0.2) is 0 Å². The fourth-order valence-corrected chi connectivity index (χ4v) is 2.08. The molecule has 1 saturated carbocycles. The van der Waals surface area contributed by atoms with E-state index in [4.69, 9.17) is 0 Å². The molecule has 2 rings (SSSR count). The van der Waals surface area contributed by atoms with Crippen molar-refractivity contribution in [2.45, 2.75) is 25.4 Å². The standard InChI is InChI=1S/C10H13NO3/c12-8-3-1-2-7(8)6-11-9(13)4-5-10(11)14/h4-5,7-8,12H,1-3,6H2. The second-order valence-electron chi connectivity index (χ2n) is 3.88. The molecular formula is C10H13NO3. The number of amides is 2. The molecule has 2 aliphatic rings. The van der Waals surface area contributed by atoms with Gasteiger partial charge in [-0.15, -0.1) is 0 Å². The molecule has 4 heteroatoms. The lowest BCUT2D eigenvalue weighted by molar-refractivity contribution is -0.137. The van der Waals surface area contributed by atoms with Crippen LogP contribution in [0.25, 0.3) is 0 Å². The number of aliphatic hydroxyl groups is 1. The van der Waals surface area contributed by atoms with E-state index in [0.717, 1.165) is 19.3 Å². The lowest BCUT2D eigenvalue weighted by Gasteiger charge is -2.20. The number of imide groups is 1. The average Bonchev–Trinajstić information content (AvgIpc) is 2.67.